The van der Waals surface area contributed by atoms with Crippen LogP contribution in [-0.4, -0.2) is 36.6 Å². The van der Waals surface area contributed by atoms with Crippen LogP contribution in [0.15, 0.2) is 0 Å². The molecule has 0 aromatic carbocycles. The molecule has 2 atom stereocenters. The largest absolute Gasteiger partial charge is 0.317 e. The third-order valence-electron chi connectivity index (χ3n) is 5.20. The van der Waals surface area contributed by atoms with Gasteiger partial charge in [0.05, 0.1) is 0 Å². The Labute approximate surface area is 107 Å². The number of nitrogens with zero attached hydrogens (tertiary/aromatic N) is 1. The second-order valence-electron chi connectivity index (χ2n) is 6.18. The lowest BCUT2D eigenvalue weighted by Crippen LogP contribution is -2.51. The van der Waals surface area contributed by atoms with Crippen LogP contribution in [0.1, 0.15) is 58.8 Å². The lowest BCUT2D eigenvalue weighted by Gasteiger charge is -2.44. The average molecular weight is 238 g/mol. The van der Waals surface area contributed by atoms with Gasteiger partial charge in [-0.15, -0.1) is 0 Å². The zero-order chi connectivity index (χ0) is 12.3. The van der Waals surface area contributed by atoms with Gasteiger partial charge in [0.25, 0.3) is 0 Å². The summed E-state index contributed by atoms with van der Waals surface area (Å²) in [6.45, 7) is 6.09. The highest BCUT2D eigenvalue weighted by molar-refractivity contribution is 4.88. The molecule has 0 spiro atoms. The molecule has 1 saturated carbocycles. The number of likely N-dealkylation sites (tertiary alicyclic amines) is 1. The molecular formula is C15H30N2. The summed E-state index contributed by atoms with van der Waals surface area (Å²) in [5.74, 6) is 1.02. The molecule has 2 rings (SSSR count). The van der Waals surface area contributed by atoms with Crippen molar-refractivity contribution in [2.75, 3.05) is 13.6 Å². The van der Waals surface area contributed by atoms with Crippen LogP contribution in [0.2, 0.25) is 0 Å². The summed E-state index contributed by atoms with van der Waals surface area (Å²) in [7, 11) is 2.11. The van der Waals surface area contributed by atoms with Gasteiger partial charge >= 0.3 is 0 Å². The summed E-state index contributed by atoms with van der Waals surface area (Å²) in [6, 6.07) is 2.43. The number of hydrogen-bond donors (Lipinski definition) is 1. The van der Waals surface area contributed by atoms with E-state index in [0.717, 1.165) is 24.0 Å². The van der Waals surface area contributed by atoms with Crippen LogP contribution in [0, 0.1) is 5.92 Å². The molecule has 2 nitrogen and oxygen atoms in total. The molecule has 0 amide bonds. The molecule has 17 heavy (non-hydrogen) atoms. The second-order valence-corrected chi connectivity index (χ2v) is 6.18. The number of hydrogen-bond acceptors (Lipinski definition) is 2. The van der Waals surface area contributed by atoms with Crippen LogP contribution in [0.5, 0.6) is 0 Å². The first-order valence-electron chi connectivity index (χ1n) is 7.67. The summed E-state index contributed by atoms with van der Waals surface area (Å²) in [5.41, 5.74) is 0. The molecule has 1 saturated heterocycles. The second kappa shape index (κ2) is 6.19. The van der Waals surface area contributed by atoms with Crippen molar-refractivity contribution in [2.24, 2.45) is 5.92 Å². The molecule has 0 radical (unpaired) electrons. The number of rotatable bonds is 3. The van der Waals surface area contributed by atoms with Crippen molar-refractivity contribution >= 4 is 0 Å². The molecule has 1 N–H and O–H groups in total. The molecule has 0 aromatic rings. The number of piperidine rings is 1. The molecular weight excluding hydrogens is 208 g/mol. The first-order chi connectivity index (χ1) is 8.24. The predicted octanol–water partition coefficient (Wildman–Crippen LogP) is 3.03. The highest BCUT2D eigenvalue weighted by atomic mass is 15.2. The minimum atomic E-state index is 0.758. The van der Waals surface area contributed by atoms with Gasteiger partial charge < -0.3 is 5.32 Å². The molecule has 0 bridgehead atoms. The molecule has 2 fully saturated rings. The van der Waals surface area contributed by atoms with Gasteiger partial charge in [-0.05, 0) is 58.4 Å². The van der Waals surface area contributed by atoms with Gasteiger partial charge in [-0.25, -0.2) is 0 Å². The normalized spacial score (nSPS) is 40.4. The molecule has 1 aliphatic carbocycles. The Kier molecular flexibility index (Phi) is 4.87. The zero-order valence-electron chi connectivity index (χ0n) is 11.9. The Morgan fingerprint density at radius 3 is 2.35 bits per heavy atom. The van der Waals surface area contributed by atoms with Crippen molar-refractivity contribution in [3.63, 3.8) is 0 Å². The lowest BCUT2D eigenvalue weighted by atomic mass is 9.82. The van der Waals surface area contributed by atoms with E-state index in [1.165, 1.54) is 51.5 Å². The van der Waals surface area contributed by atoms with Crippen LogP contribution in [0.4, 0.5) is 0 Å². The van der Waals surface area contributed by atoms with E-state index in [4.69, 9.17) is 0 Å². The minimum absolute atomic E-state index is 0.758. The van der Waals surface area contributed by atoms with E-state index in [2.05, 4.69) is 31.1 Å². The summed E-state index contributed by atoms with van der Waals surface area (Å²) >= 11 is 0. The quantitative estimate of drug-likeness (QED) is 0.813. The maximum absolute atomic E-state index is 3.45. The Morgan fingerprint density at radius 2 is 1.82 bits per heavy atom. The maximum atomic E-state index is 3.45. The van der Waals surface area contributed by atoms with E-state index in [0.29, 0.717) is 0 Å². The Morgan fingerprint density at radius 1 is 1.12 bits per heavy atom. The van der Waals surface area contributed by atoms with Crippen molar-refractivity contribution in [1.82, 2.24) is 10.2 Å². The standard InChI is InChI=1S/C15H30N2/c1-4-13-5-7-15(8-6-13)17-10-9-14(16-3)11-12(17)2/h12-16H,4-11H2,1-3H3. The monoisotopic (exact) mass is 238 g/mol. The van der Waals surface area contributed by atoms with Gasteiger partial charge in [0.1, 0.15) is 0 Å². The fourth-order valence-electron chi connectivity index (χ4n) is 3.88. The fraction of sp³-hybridized carbons (Fsp3) is 1.00. The highest BCUT2D eigenvalue weighted by Gasteiger charge is 2.31. The molecule has 2 unspecified atom stereocenters. The number of nitrogens with one attached hydrogen (secondary N) is 1. The topological polar surface area (TPSA) is 15.3 Å². The van der Waals surface area contributed by atoms with Gasteiger partial charge in [-0.1, -0.05) is 13.3 Å². The van der Waals surface area contributed by atoms with E-state index < -0.39 is 0 Å². The van der Waals surface area contributed by atoms with Crippen LogP contribution in [-0.2, 0) is 0 Å². The Balaban J connectivity index is 1.83. The first kappa shape index (κ1) is 13.4. The third kappa shape index (κ3) is 3.23. The van der Waals surface area contributed by atoms with E-state index >= 15 is 0 Å². The Bertz CT molecular complexity index is 221. The van der Waals surface area contributed by atoms with E-state index in [-0.39, 0.29) is 0 Å². The molecule has 1 aliphatic heterocycles. The van der Waals surface area contributed by atoms with Crippen LogP contribution in [0.3, 0.4) is 0 Å². The van der Waals surface area contributed by atoms with Gasteiger partial charge in [-0.2, -0.15) is 0 Å². The van der Waals surface area contributed by atoms with Crippen molar-refractivity contribution in [1.29, 1.82) is 0 Å². The fourth-order valence-corrected chi connectivity index (χ4v) is 3.88. The van der Waals surface area contributed by atoms with E-state index in [1.54, 1.807) is 0 Å². The van der Waals surface area contributed by atoms with Crippen molar-refractivity contribution in [3.05, 3.63) is 0 Å². The van der Waals surface area contributed by atoms with Crippen molar-refractivity contribution < 1.29 is 0 Å². The van der Waals surface area contributed by atoms with Gasteiger partial charge in [0, 0.05) is 24.7 Å². The van der Waals surface area contributed by atoms with Gasteiger partial charge in [-0.3, -0.25) is 4.90 Å². The maximum Gasteiger partial charge on any atom is 0.00983 e. The summed E-state index contributed by atoms with van der Waals surface area (Å²) < 4.78 is 0. The first-order valence-corrected chi connectivity index (χ1v) is 7.67. The van der Waals surface area contributed by atoms with Gasteiger partial charge in [0.15, 0.2) is 0 Å². The summed E-state index contributed by atoms with van der Waals surface area (Å²) in [5, 5.41) is 3.45. The highest BCUT2D eigenvalue weighted by Crippen LogP contribution is 2.32. The predicted molar refractivity (Wildman–Crippen MR) is 74.3 cm³/mol. The van der Waals surface area contributed by atoms with Gasteiger partial charge in [0.2, 0.25) is 0 Å². The average Bonchev–Trinajstić information content (AvgIpc) is 2.39. The molecule has 100 valence electrons. The smallest absolute Gasteiger partial charge is 0.00983 e. The lowest BCUT2D eigenvalue weighted by molar-refractivity contribution is 0.0595. The molecule has 2 aliphatic rings. The molecule has 1 heterocycles. The van der Waals surface area contributed by atoms with Crippen molar-refractivity contribution in [2.45, 2.75) is 76.9 Å². The summed E-state index contributed by atoms with van der Waals surface area (Å²) in [6.07, 6.45) is 9.92. The third-order valence-corrected chi connectivity index (χ3v) is 5.20. The molecule has 2 heteroatoms. The van der Waals surface area contributed by atoms with Crippen molar-refractivity contribution in [3.8, 4) is 0 Å². The SMILES string of the molecule is CCC1CCC(N2CCC(NC)CC2C)CC1. The van der Waals surface area contributed by atoms with Crippen LogP contribution in [0.25, 0.3) is 0 Å². The minimum Gasteiger partial charge on any atom is -0.317 e. The summed E-state index contributed by atoms with van der Waals surface area (Å²) in [4.78, 5) is 2.81. The van der Waals surface area contributed by atoms with Crippen LogP contribution >= 0.6 is 0 Å². The molecule has 0 aromatic heterocycles. The van der Waals surface area contributed by atoms with E-state index in [1.807, 2.05) is 0 Å². The van der Waals surface area contributed by atoms with Crippen LogP contribution < -0.4 is 5.32 Å². The Hall–Kier alpha value is -0.0800. The zero-order valence-corrected chi connectivity index (χ0v) is 11.9. The van der Waals surface area contributed by atoms with E-state index in [9.17, 15) is 0 Å².